The molecule has 5 heteroatoms. The molecule has 2 N–H and O–H groups in total. The van der Waals surface area contributed by atoms with Crippen molar-refractivity contribution in [2.24, 2.45) is 0 Å². The minimum Gasteiger partial charge on any atom is -0.493 e. The van der Waals surface area contributed by atoms with E-state index in [0.717, 1.165) is 18.4 Å². The van der Waals surface area contributed by atoms with Gasteiger partial charge < -0.3 is 15.4 Å². The van der Waals surface area contributed by atoms with Crippen molar-refractivity contribution in [3.8, 4) is 5.75 Å². The van der Waals surface area contributed by atoms with Crippen molar-refractivity contribution in [2.75, 3.05) is 6.61 Å². The Kier molecular flexibility index (Phi) is 4.27. The van der Waals surface area contributed by atoms with Crippen LogP contribution in [0.1, 0.15) is 50.1 Å². The molecule has 1 atom stereocenters. The Morgan fingerprint density at radius 1 is 1.14 bits per heavy atom. The topological polar surface area (TPSA) is 50.4 Å². The number of fused-ring (bicyclic) bond motifs is 1. The highest BCUT2D eigenvalue weighted by Gasteiger charge is 2.24. The van der Waals surface area contributed by atoms with Crippen LogP contribution in [0.25, 0.3) is 0 Å². The van der Waals surface area contributed by atoms with Gasteiger partial charge in [0.25, 0.3) is 0 Å². The fourth-order valence-electron chi connectivity index (χ4n) is 3.15. The number of urea groups is 1. The number of hydrogen-bond acceptors (Lipinski definition) is 2. The lowest BCUT2D eigenvalue weighted by Crippen LogP contribution is -2.45. The number of hydrogen-bond donors (Lipinski definition) is 2. The van der Waals surface area contributed by atoms with Gasteiger partial charge in [-0.3, -0.25) is 0 Å². The third-order valence-electron chi connectivity index (χ3n) is 4.26. The fourth-order valence-corrected chi connectivity index (χ4v) is 3.15. The van der Waals surface area contributed by atoms with Crippen molar-refractivity contribution in [1.82, 2.24) is 10.6 Å². The van der Waals surface area contributed by atoms with Gasteiger partial charge in [-0.1, -0.05) is 19.3 Å². The molecule has 1 aliphatic carbocycles. The summed E-state index contributed by atoms with van der Waals surface area (Å²) in [5.74, 6) is 0.351. The highest BCUT2D eigenvalue weighted by molar-refractivity contribution is 5.75. The second kappa shape index (κ2) is 6.33. The summed E-state index contributed by atoms with van der Waals surface area (Å²) in [6.45, 7) is 0.535. The van der Waals surface area contributed by atoms with E-state index in [1.165, 1.54) is 31.4 Å². The first-order valence-electron chi connectivity index (χ1n) is 7.71. The second-order valence-electron chi connectivity index (χ2n) is 5.82. The molecule has 114 valence electrons. The van der Waals surface area contributed by atoms with Crippen molar-refractivity contribution in [1.29, 1.82) is 0 Å². The maximum atomic E-state index is 13.4. The Hall–Kier alpha value is -1.78. The zero-order chi connectivity index (χ0) is 14.7. The molecule has 0 radical (unpaired) electrons. The van der Waals surface area contributed by atoms with Crippen LogP contribution < -0.4 is 15.4 Å². The quantitative estimate of drug-likeness (QED) is 0.879. The molecule has 3 rings (SSSR count). The van der Waals surface area contributed by atoms with Gasteiger partial charge in [-0.15, -0.1) is 0 Å². The van der Waals surface area contributed by atoms with Gasteiger partial charge in [-0.25, -0.2) is 9.18 Å². The van der Waals surface area contributed by atoms with Gasteiger partial charge in [0.2, 0.25) is 0 Å². The van der Waals surface area contributed by atoms with E-state index < -0.39 is 0 Å². The summed E-state index contributed by atoms with van der Waals surface area (Å²) < 4.78 is 18.9. The van der Waals surface area contributed by atoms with Crippen molar-refractivity contribution in [2.45, 2.75) is 50.6 Å². The van der Waals surface area contributed by atoms with Crippen LogP contribution in [-0.4, -0.2) is 18.7 Å². The van der Waals surface area contributed by atoms with Crippen LogP contribution in [0.4, 0.5) is 9.18 Å². The van der Waals surface area contributed by atoms with Gasteiger partial charge in [0.1, 0.15) is 11.6 Å². The van der Waals surface area contributed by atoms with E-state index in [0.29, 0.717) is 18.8 Å². The van der Waals surface area contributed by atoms with Crippen molar-refractivity contribution in [3.05, 3.63) is 29.6 Å². The third-order valence-corrected chi connectivity index (χ3v) is 4.26. The minimum atomic E-state index is -0.307. The summed E-state index contributed by atoms with van der Waals surface area (Å²) in [4.78, 5) is 12.1. The van der Waals surface area contributed by atoms with Crippen molar-refractivity contribution < 1.29 is 13.9 Å². The average Bonchev–Trinajstić information content (AvgIpc) is 2.49. The number of benzene rings is 1. The first-order valence-corrected chi connectivity index (χ1v) is 7.71. The summed E-state index contributed by atoms with van der Waals surface area (Å²) in [6, 6.07) is 4.36. The Balaban J connectivity index is 1.63. The molecule has 0 saturated heterocycles. The summed E-state index contributed by atoms with van der Waals surface area (Å²) in [7, 11) is 0. The maximum absolute atomic E-state index is 13.4. The van der Waals surface area contributed by atoms with Gasteiger partial charge >= 0.3 is 6.03 Å². The zero-order valence-electron chi connectivity index (χ0n) is 12.0. The SMILES string of the molecule is O=C(NC1CCCCC1)NC1CCOc2ccc(F)cc21. The maximum Gasteiger partial charge on any atom is 0.315 e. The molecule has 1 aliphatic heterocycles. The third kappa shape index (κ3) is 3.46. The Morgan fingerprint density at radius 2 is 1.95 bits per heavy atom. The van der Waals surface area contributed by atoms with Crippen LogP contribution >= 0.6 is 0 Å². The first-order chi connectivity index (χ1) is 10.2. The summed E-state index contributed by atoms with van der Waals surface area (Å²) in [6.07, 6.45) is 6.37. The van der Waals surface area contributed by atoms with E-state index >= 15 is 0 Å². The molecule has 1 unspecified atom stereocenters. The van der Waals surface area contributed by atoms with E-state index in [-0.39, 0.29) is 23.9 Å². The van der Waals surface area contributed by atoms with Gasteiger partial charge in [-0.05, 0) is 31.0 Å². The number of carbonyl (C=O) groups excluding carboxylic acids is 1. The molecule has 0 bridgehead atoms. The Morgan fingerprint density at radius 3 is 2.76 bits per heavy atom. The monoisotopic (exact) mass is 292 g/mol. The largest absolute Gasteiger partial charge is 0.493 e. The molecular formula is C16H21FN2O2. The summed E-state index contributed by atoms with van der Waals surface area (Å²) >= 11 is 0. The van der Waals surface area contributed by atoms with E-state index in [4.69, 9.17) is 4.74 Å². The second-order valence-corrected chi connectivity index (χ2v) is 5.82. The van der Waals surface area contributed by atoms with Gasteiger partial charge in [0.05, 0.1) is 12.6 Å². The summed E-state index contributed by atoms with van der Waals surface area (Å²) in [5.41, 5.74) is 0.722. The summed E-state index contributed by atoms with van der Waals surface area (Å²) in [5, 5.41) is 5.98. The molecule has 1 fully saturated rings. The highest BCUT2D eigenvalue weighted by Crippen LogP contribution is 2.32. The number of ether oxygens (including phenoxy) is 1. The lowest BCUT2D eigenvalue weighted by molar-refractivity contribution is 0.217. The van der Waals surface area contributed by atoms with E-state index in [2.05, 4.69) is 10.6 Å². The number of amides is 2. The average molecular weight is 292 g/mol. The molecule has 1 heterocycles. The first kappa shape index (κ1) is 14.2. The molecular weight excluding hydrogens is 271 g/mol. The van der Waals surface area contributed by atoms with Crippen LogP contribution in [0.2, 0.25) is 0 Å². The molecule has 0 aromatic heterocycles. The predicted octanol–water partition coefficient (Wildman–Crippen LogP) is 3.28. The smallest absolute Gasteiger partial charge is 0.315 e. The van der Waals surface area contributed by atoms with Gasteiger partial charge in [0, 0.05) is 18.0 Å². The molecule has 1 aromatic rings. The van der Waals surface area contributed by atoms with Crippen LogP contribution in [0.5, 0.6) is 5.75 Å². The minimum absolute atomic E-state index is 0.163. The molecule has 2 amide bonds. The van der Waals surface area contributed by atoms with E-state index in [1.807, 2.05) is 0 Å². The predicted molar refractivity (Wildman–Crippen MR) is 77.8 cm³/mol. The van der Waals surface area contributed by atoms with Crippen molar-refractivity contribution in [3.63, 3.8) is 0 Å². The lowest BCUT2D eigenvalue weighted by atomic mass is 9.95. The molecule has 1 aromatic carbocycles. The fraction of sp³-hybridized carbons (Fsp3) is 0.562. The van der Waals surface area contributed by atoms with Crippen LogP contribution in [-0.2, 0) is 0 Å². The normalized spacial score (nSPS) is 22.0. The number of nitrogens with one attached hydrogen (secondary N) is 2. The zero-order valence-corrected chi connectivity index (χ0v) is 12.0. The number of rotatable bonds is 2. The highest BCUT2D eigenvalue weighted by atomic mass is 19.1. The van der Waals surface area contributed by atoms with Crippen molar-refractivity contribution >= 4 is 6.03 Å². The van der Waals surface area contributed by atoms with E-state index in [1.54, 1.807) is 6.07 Å². The lowest BCUT2D eigenvalue weighted by Gasteiger charge is -2.28. The van der Waals surface area contributed by atoms with Crippen LogP contribution in [0, 0.1) is 5.82 Å². The van der Waals surface area contributed by atoms with Gasteiger partial charge in [-0.2, -0.15) is 0 Å². The molecule has 0 spiro atoms. The number of halogens is 1. The standard InChI is InChI=1S/C16H21FN2O2/c17-11-6-7-15-13(10-11)14(8-9-21-15)19-16(20)18-12-4-2-1-3-5-12/h6-7,10,12,14H,1-5,8-9H2,(H2,18,19,20). The molecule has 2 aliphatic rings. The Bertz CT molecular complexity index is 515. The molecule has 4 nitrogen and oxygen atoms in total. The van der Waals surface area contributed by atoms with Crippen LogP contribution in [0.15, 0.2) is 18.2 Å². The number of carbonyl (C=O) groups is 1. The van der Waals surface area contributed by atoms with Crippen LogP contribution in [0.3, 0.4) is 0 Å². The van der Waals surface area contributed by atoms with Gasteiger partial charge in [0.15, 0.2) is 0 Å². The molecule has 21 heavy (non-hydrogen) atoms. The Labute approximate surface area is 124 Å². The molecule has 1 saturated carbocycles. The van der Waals surface area contributed by atoms with E-state index in [9.17, 15) is 9.18 Å².